The van der Waals surface area contributed by atoms with E-state index in [1.54, 1.807) is 21.7 Å². The molecule has 3 amide bonds. The number of likely N-dealkylation sites (N-methyl/N-ethyl adjacent to an activating group) is 1. The summed E-state index contributed by atoms with van der Waals surface area (Å²) in [5, 5.41) is 9.53. The molecular formula is C26H38N4O6. The highest BCUT2D eigenvalue weighted by Crippen LogP contribution is 2.58. The van der Waals surface area contributed by atoms with Crippen LogP contribution in [0.4, 0.5) is 0 Å². The molecule has 3 saturated heterocycles. The van der Waals surface area contributed by atoms with Gasteiger partial charge in [0.25, 0.3) is 0 Å². The summed E-state index contributed by atoms with van der Waals surface area (Å²) in [6, 6.07) is -0.869. The fraction of sp³-hybridized carbons (Fsp3) is 0.731. The van der Waals surface area contributed by atoms with Gasteiger partial charge in [-0.15, -0.1) is 0 Å². The number of ether oxygens (including phenoxy) is 2. The van der Waals surface area contributed by atoms with Gasteiger partial charge in [0.15, 0.2) is 0 Å². The van der Waals surface area contributed by atoms with E-state index in [-0.39, 0.29) is 30.9 Å². The molecule has 5 rings (SSSR count). The molecule has 10 heteroatoms. The number of aliphatic hydroxyl groups is 1. The van der Waals surface area contributed by atoms with Crippen LogP contribution in [0, 0.1) is 11.8 Å². The molecule has 5 atom stereocenters. The van der Waals surface area contributed by atoms with Crippen molar-refractivity contribution in [2.75, 3.05) is 72.7 Å². The minimum atomic E-state index is -1.23. The summed E-state index contributed by atoms with van der Waals surface area (Å²) >= 11 is 0. The van der Waals surface area contributed by atoms with Crippen LogP contribution < -0.4 is 0 Å². The predicted octanol–water partition coefficient (Wildman–Crippen LogP) is -0.511. The molecule has 0 bridgehead atoms. The molecule has 0 saturated carbocycles. The summed E-state index contributed by atoms with van der Waals surface area (Å²) in [6.45, 7) is 7.30. The lowest BCUT2D eigenvalue weighted by atomic mass is 9.73. The van der Waals surface area contributed by atoms with Crippen molar-refractivity contribution in [2.45, 2.75) is 37.0 Å². The Morgan fingerprint density at radius 2 is 1.72 bits per heavy atom. The minimum Gasteiger partial charge on any atom is -0.396 e. The van der Waals surface area contributed by atoms with E-state index >= 15 is 0 Å². The van der Waals surface area contributed by atoms with E-state index in [1.165, 1.54) is 0 Å². The summed E-state index contributed by atoms with van der Waals surface area (Å²) in [7, 11) is 1.74. The minimum absolute atomic E-state index is 0.0907. The third-order valence-electron chi connectivity index (χ3n) is 8.57. The highest BCUT2D eigenvalue weighted by Gasteiger charge is 2.75. The number of nitrogens with zero attached hydrogens (tertiary/aromatic N) is 4. The standard InChI is InChI=1S/C26H38N4O6/c1-3-25-7-4-9-27(2)22(32)19(25)20-23(33)30(11-6-16-31)21-24(34)29(10-5-8-26(20,21)36-25)13-12-28-14-17-35-18-15-28/h4-5,7-8,19-21,31H,3,6,9-18H2,1-2H3/t19-,20-,21?,25+,26-/m0/s1. The number of aliphatic hydroxyl groups excluding tert-OH is 1. The van der Waals surface area contributed by atoms with Crippen LogP contribution in [0.5, 0.6) is 0 Å². The van der Waals surface area contributed by atoms with Crippen molar-refractivity contribution in [2.24, 2.45) is 11.8 Å². The SMILES string of the molecule is CC[C@@]12C=CCN(C)C(=O)[C@@H]1[C@H]1C(=O)N(CCCO)C3C(=O)N(CCN4CCOCC4)CC=C[C@@]31O2. The van der Waals surface area contributed by atoms with Gasteiger partial charge >= 0.3 is 0 Å². The van der Waals surface area contributed by atoms with Crippen LogP contribution in [-0.4, -0.2) is 132 Å². The number of hydrogen-bond donors (Lipinski definition) is 1. The number of morpholine rings is 1. The van der Waals surface area contributed by atoms with Crippen molar-refractivity contribution in [3.8, 4) is 0 Å². The third-order valence-corrected chi connectivity index (χ3v) is 8.57. The first-order valence-electron chi connectivity index (χ1n) is 13.2. The molecule has 1 unspecified atom stereocenters. The van der Waals surface area contributed by atoms with Crippen molar-refractivity contribution in [3.63, 3.8) is 0 Å². The highest BCUT2D eigenvalue weighted by molar-refractivity contribution is 6.00. The molecule has 0 radical (unpaired) electrons. The second-order valence-corrected chi connectivity index (χ2v) is 10.5. The normalized spacial score (nSPS) is 36.7. The molecule has 5 aliphatic heterocycles. The fourth-order valence-corrected chi connectivity index (χ4v) is 6.70. The average molecular weight is 503 g/mol. The van der Waals surface area contributed by atoms with Gasteiger partial charge in [0, 0.05) is 59.5 Å². The van der Waals surface area contributed by atoms with E-state index in [0.29, 0.717) is 45.7 Å². The Morgan fingerprint density at radius 3 is 2.44 bits per heavy atom. The number of rotatable bonds is 7. The van der Waals surface area contributed by atoms with Crippen LogP contribution in [0.1, 0.15) is 19.8 Å². The molecule has 5 aliphatic rings. The maximum absolute atomic E-state index is 14.2. The number of carbonyl (C=O) groups excluding carboxylic acids is 3. The van der Waals surface area contributed by atoms with Crippen LogP contribution in [0.3, 0.4) is 0 Å². The molecule has 3 fully saturated rings. The van der Waals surface area contributed by atoms with Gasteiger partial charge in [-0.25, -0.2) is 0 Å². The van der Waals surface area contributed by atoms with Gasteiger partial charge in [-0.2, -0.15) is 0 Å². The molecule has 10 nitrogen and oxygen atoms in total. The Bertz CT molecular complexity index is 949. The van der Waals surface area contributed by atoms with E-state index in [0.717, 1.165) is 19.6 Å². The van der Waals surface area contributed by atoms with Crippen molar-refractivity contribution >= 4 is 17.7 Å². The zero-order valence-electron chi connectivity index (χ0n) is 21.3. The Labute approximate surface area is 212 Å². The smallest absolute Gasteiger partial charge is 0.249 e. The van der Waals surface area contributed by atoms with Crippen LogP contribution in [0.25, 0.3) is 0 Å². The molecular weight excluding hydrogens is 464 g/mol. The largest absolute Gasteiger partial charge is 0.396 e. The number of carbonyl (C=O) groups is 3. The van der Waals surface area contributed by atoms with Crippen LogP contribution in [-0.2, 0) is 23.9 Å². The van der Waals surface area contributed by atoms with Gasteiger partial charge in [0.1, 0.15) is 11.6 Å². The van der Waals surface area contributed by atoms with Gasteiger partial charge in [0.2, 0.25) is 17.7 Å². The van der Waals surface area contributed by atoms with Crippen LogP contribution in [0.15, 0.2) is 24.3 Å². The lowest BCUT2D eigenvalue weighted by Gasteiger charge is -2.38. The Morgan fingerprint density at radius 1 is 0.972 bits per heavy atom. The maximum atomic E-state index is 14.2. The van der Waals surface area contributed by atoms with Gasteiger partial charge in [0.05, 0.1) is 30.7 Å². The van der Waals surface area contributed by atoms with E-state index < -0.39 is 29.1 Å². The van der Waals surface area contributed by atoms with E-state index in [2.05, 4.69) is 4.90 Å². The zero-order chi connectivity index (χ0) is 25.5. The van der Waals surface area contributed by atoms with Crippen molar-refractivity contribution in [1.82, 2.24) is 19.6 Å². The highest BCUT2D eigenvalue weighted by atomic mass is 16.5. The predicted molar refractivity (Wildman–Crippen MR) is 131 cm³/mol. The summed E-state index contributed by atoms with van der Waals surface area (Å²) in [5.41, 5.74) is -2.17. The number of fused-ring (bicyclic) bond motifs is 2. The summed E-state index contributed by atoms with van der Waals surface area (Å²) in [5.74, 6) is -2.03. The van der Waals surface area contributed by atoms with Crippen molar-refractivity contribution in [3.05, 3.63) is 24.3 Å². The first kappa shape index (κ1) is 25.4. The molecule has 0 aromatic heterocycles. The molecule has 5 heterocycles. The second kappa shape index (κ2) is 9.89. The van der Waals surface area contributed by atoms with E-state index in [9.17, 15) is 19.5 Å². The van der Waals surface area contributed by atoms with Gasteiger partial charge in [-0.1, -0.05) is 31.2 Å². The summed E-state index contributed by atoms with van der Waals surface area (Å²) in [4.78, 5) is 49.1. The Hall–Kier alpha value is -2.27. The first-order valence-corrected chi connectivity index (χ1v) is 13.2. The quantitative estimate of drug-likeness (QED) is 0.468. The summed E-state index contributed by atoms with van der Waals surface area (Å²) in [6.07, 6.45) is 8.56. The van der Waals surface area contributed by atoms with E-state index in [4.69, 9.17) is 9.47 Å². The van der Waals surface area contributed by atoms with Gasteiger partial charge in [-0.05, 0) is 12.8 Å². The Kier molecular flexibility index (Phi) is 6.97. The Balaban J connectivity index is 1.52. The second-order valence-electron chi connectivity index (χ2n) is 10.5. The number of hydrogen-bond acceptors (Lipinski definition) is 7. The third kappa shape index (κ3) is 3.89. The first-order chi connectivity index (χ1) is 17.4. The molecule has 1 N–H and O–H groups in total. The lowest BCUT2D eigenvalue weighted by Crippen LogP contribution is -2.57. The molecule has 36 heavy (non-hydrogen) atoms. The van der Waals surface area contributed by atoms with Crippen LogP contribution >= 0.6 is 0 Å². The number of amides is 3. The fourth-order valence-electron chi connectivity index (χ4n) is 6.70. The molecule has 0 aromatic carbocycles. The number of likely N-dealkylation sites (tertiary alicyclic amines) is 1. The van der Waals surface area contributed by atoms with Crippen LogP contribution in [0.2, 0.25) is 0 Å². The van der Waals surface area contributed by atoms with Gasteiger partial charge < -0.3 is 29.3 Å². The molecule has 1 spiro atoms. The maximum Gasteiger partial charge on any atom is 0.249 e. The average Bonchev–Trinajstić information content (AvgIpc) is 3.18. The topological polar surface area (TPSA) is 103 Å². The van der Waals surface area contributed by atoms with Crippen molar-refractivity contribution in [1.29, 1.82) is 0 Å². The summed E-state index contributed by atoms with van der Waals surface area (Å²) < 4.78 is 12.3. The zero-order valence-corrected chi connectivity index (χ0v) is 21.3. The molecule has 0 aromatic rings. The van der Waals surface area contributed by atoms with Crippen molar-refractivity contribution < 1.29 is 29.0 Å². The van der Waals surface area contributed by atoms with E-state index in [1.807, 2.05) is 31.2 Å². The molecule has 0 aliphatic carbocycles. The van der Waals surface area contributed by atoms with Gasteiger partial charge in [-0.3, -0.25) is 19.3 Å². The monoisotopic (exact) mass is 502 g/mol. The lowest BCUT2D eigenvalue weighted by molar-refractivity contribution is -0.154. The molecule has 198 valence electrons.